The number of carbonyl (C=O) groups is 4. The first-order chi connectivity index (χ1) is 19.0. The Kier molecular flexibility index (Phi) is 13.4. The van der Waals surface area contributed by atoms with E-state index < -0.39 is 47.3 Å². The highest BCUT2D eigenvalue weighted by Crippen LogP contribution is 2.32. The van der Waals surface area contributed by atoms with Gasteiger partial charge in [0.2, 0.25) is 0 Å². The van der Waals surface area contributed by atoms with Crippen molar-refractivity contribution in [3.05, 3.63) is 23.8 Å². The molecule has 0 amide bonds. The van der Waals surface area contributed by atoms with E-state index in [4.69, 9.17) is 38.9 Å². The van der Waals surface area contributed by atoms with Gasteiger partial charge in [0.1, 0.15) is 22.8 Å². The highest BCUT2D eigenvalue weighted by molar-refractivity contribution is 5.81. The van der Waals surface area contributed by atoms with Gasteiger partial charge >= 0.3 is 24.4 Å². The SMILES string of the molecule is CCCOC(=O)O[C@@H](C)CC(N)(Cc1ccc(OC(=O)OC(C)(C)CC)c(OC(=O)OC(C)(C)CC)c1)C(=O)OC. The minimum Gasteiger partial charge on any atom is -0.468 e. The predicted octanol–water partition coefficient (Wildman–Crippen LogP) is 5.85. The lowest BCUT2D eigenvalue weighted by molar-refractivity contribution is -0.148. The fourth-order valence-electron chi connectivity index (χ4n) is 3.38. The maximum absolute atomic E-state index is 12.7. The van der Waals surface area contributed by atoms with Gasteiger partial charge in [-0.2, -0.15) is 0 Å². The lowest BCUT2D eigenvalue weighted by atomic mass is 9.86. The van der Waals surface area contributed by atoms with E-state index >= 15 is 0 Å². The number of hydrogen-bond acceptors (Lipinski definition) is 12. The van der Waals surface area contributed by atoms with Crippen molar-refractivity contribution in [2.75, 3.05) is 13.7 Å². The lowest BCUT2D eigenvalue weighted by Gasteiger charge is -2.29. The highest BCUT2D eigenvalue weighted by Gasteiger charge is 2.38. The molecule has 0 aliphatic heterocycles. The number of benzene rings is 1. The molecule has 1 aromatic carbocycles. The van der Waals surface area contributed by atoms with E-state index in [9.17, 15) is 19.2 Å². The second kappa shape index (κ2) is 15.5. The number of nitrogens with two attached hydrogens (primary N) is 1. The predicted molar refractivity (Wildman–Crippen MR) is 149 cm³/mol. The molecule has 0 fully saturated rings. The Morgan fingerprint density at radius 1 is 0.854 bits per heavy atom. The van der Waals surface area contributed by atoms with Gasteiger partial charge in [0, 0.05) is 12.8 Å². The normalized spacial score (nSPS) is 13.7. The standard InChI is InChI=1S/C29H45NO11/c1-10-15-36-24(32)37-19(4)17-29(30,23(31)35-9)18-20-13-14-21(38-25(33)40-27(5,6)11-2)22(16-20)39-26(34)41-28(7,8)12-3/h13-14,16,19H,10-12,15,17-18,30H2,1-9H3/t19-,29?/m0/s1. The average Bonchev–Trinajstić information content (AvgIpc) is 2.87. The number of ether oxygens (including phenoxy) is 7. The van der Waals surface area contributed by atoms with Crippen LogP contribution in [0.4, 0.5) is 14.4 Å². The van der Waals surface area contributed by atoms with Crippen LogP contribution in [0.15, 0.2) is 18.2 Å². The zero-order valence-corrected chi connectivity index (χ0v) is 25.6. The molecule has 1 unspecified atom stereocenters. The summed E-state index contributed by atoms with van der Waals surface area (Å²) in [4.78, 5) is 49.7. The summed E-state index contributed by atoms with van der Waals surface area (Å²) in [6.45, 7) is 14.2. The molecule has 1 rings (SSSR count). The van der Waals surface area contributed by atoms with Gasteiger partial charge in [-0.25, -0.2) is 14.4 Å². The number of carbonyl (C=O) groups excluding carboxylic acids is 4. The largest absolute Gasteiger partial charge is 0.514 e. The molecule has 0 aromatic heterocycles. The smallest absolute Gasteiger partial charge is 0.468 e. The first-order valence-electron chi connectivity index (χ1n) is 13.6. The monoisotopic (exact) mass is 583 g/mol. The van der Waals surface area contributed by atoms with Crippen molar-refractivity contribution in [3.63, 3.8) is 0 Å². The van der Waals surface area contributed by atoms with Crippen molar-refractivity contribution in [1.29, 1.82) is 0 Å². The summed E-state index contributed by atoms with van der Waals surface area (Å²) < 4.78 is 36.5. The first-order valence-corrected chi connectivity index (χ1v) is 13.6. The van der Waals surface area contributed by atoms with Crippen molar-refractivity contribution in [1.82, 2.24) is 0 Å². The first kappa shape index (κ1) is 35.5. The van der Waals surface area contributed by atoms with Crippen LogP contribution in [0, 0.1) is 0 Å². The number of hydrogen-bond donors (Lipinski definition) is 1. The van der Waals surface area contributed by atoms with Gasteiger partial charge in [-0.05, 0) is 71.6 Å². The quantitative estimate of drug-likeness (QED) is 0.158. The van der Waals surface area contributed by atoms with E-state index in [-0.39, 0.29) is 30.9 Å². The summed E-state index contributed by atoms with van der Waals surface area (Å²) in [6.07, 6.45) is -2.26. The second-order valence-electron chi connectivity index (χ2n) is 11.0. The number of esters is 1. The van der Waals surface area contributed by atoms with Crippen LogP contribution in [0.1, 0.15) is 86.6 Å². The van der Waals surface area contributed by atoms with E-state index in [1.807, 2.05) is 20.8 Å². The van der Waals surface area contributed by atoms with E-state index in [0.29, 0.717) is 24.8 Å². The lowest BCUT2D eigenvalue weighted by Crippen LogP contribution is -2.53. The zero-order chi connectivity index (χ0) is 31.4. The molecule has 0 heterocycles. The minimum absolute atomic E-state index is 0.111. The van der Waals surface area contributed by atoms with Crippen LogP contribution in [0.25, 0.3) is 0 Å². The van der Waals surface area contributed by atoms with Crippen molar-refractivity contribution in [2.45, 2.75) is 110 Å². The van der Waals surface area contributed by atoms with E-state index in [2.05, 4.69) is 0 Å². The molecule has 0 aliphatic rings. The van der Waals surface area contributed by atoms with E-state index in [0.717, 1.165) is 0 Å². The van der Waals surface area contributed by atoms with Crippen LogP contribution in [-0.4, -0.2) is 61.0 Å². The summed E-state index contributed by atoms with van der Waals surface area (Å²) in [6, 6.07) is 4.30. The van der Waals surface area contributed by atoms with Gasteiger partial charge in [-0.15, -0.1) is 0 Å². The highest BCUT2D eigenvalue weighted by atomic mass is 16.8. The topological polar surface area (TPSA) is 159 Å². The van der Waals surface area contributed by atoms with Crippen LogP contribution < -0.4 is 15.2 Å². The van der Waals surface area contributed by atoms with Crippen LogP contribution in [0.3, 0.4) is 0 Å². The van der Waals surface area contributed by atoms with Gasteiger partial charge < -0.3 is 38.9 Å². The second-order valence-corrected chi connectivity index (χ2v) is 11.0. The summed E-state index contributed by atoms with van der Waals surface area (Å²) in [5.41, 5.74) is 3.65. The third-order valence-electron chi connectivity index (χ3n) is 6.30. The Balaban J connectivity index is 3.32. The maximum Gasteiger partial charge on any atom is 0.514 e. The molecule has 1 aromatic rings. The van der Waals surface area contributed by atoms with E-state index in [1.54, 1.807) is 34.6 Å². The van der Waals surface area contributed by atoms with Gasteiger partial charge in [0.25, 0.3) is 0 Å². The van der Waals surface area contributed by atoms with Crippen molar-refractivity contribution in [2.24, 2.45) is 5.73 Å². The van der Waals surface area contributed by atoms with Gasteiger partial charge in [0.15, 0.2) is 11.5 Å². The van der Waals surface area contributed by atoms with Gasteiger partial charge in [-0.1, -0.05) is 26.8 Å². The molecule has 2 atom stereocenters. The molecule has 0 bridgehead atoms. The Morgan fingerprint density at radius 2 is 1.39 bits per heavy atom. The molecule has 0 spiro atoms. The third-order valence-corrected chi connectivity index (χ3v) is 6.30. The molecule has 41 heavy (non-hydrogen) atoms. The molecule has 0 saturated heterocycles. The van der Waals surface area contributed by atoms with Crippen molar-refractivity contribution < 1.29 is 52.3 Å². The molecule has 0 radical (unpaired) electrons. The van der Waals surface area contributed by atoms with Gasteiger partial charge in [-0.3, -0.25) is 4.79 Å². The van der Waals surface area contributed by atoms with Crippen LogP contribution in [-0.2, 0) is 34.9 Å². The zero-order valence-electron chi connectivity index (χ0n) is 25.6. The Morgan fingerprint density at radius 3 is 1.88 bits per heavy atom. The van der Waals surface area contributed by atoms with Crippen LogP contribution >= 0.6 is 0 Å². The Hall–Kier alpha value is -3.54. The van der Waals surface area contributed by atoms with Crippen LogP contribution in [0.2, 0.25) is 0 Å². The summed E-state index contributed by atoms with van der Waals surface area (Å²) in [7, 11) is 1.19. The molecule has 12 nitrogen and oxygen atoms in total. The summed E-state index contributed by atoms with van der Waals surface area (Å²) in [5.74, 6) is -1.04. The number of rotatable bonds is 14. The molecule has 232 valence electrons. The molecule has 2 N–H and O–H groups in total. The molecular weight excluding hydrogens is 538 g/mol. The maximum atomic E-state index is 12.7. The van der Waals surface area contributed by atoms with Crippen molar-refractivity contribution in [3.8, 4) is 11.5 Å². The fraction of sp³-hybridized carbons (Fsp3) is 0.655. The fourth-order valence-corrected chi connectivity index (χ4v) is 3.38. The molecular formula is C29H45NO11. The molecule has 0 aliphatic carbocycles. The summed E-state index contributed by atoms with van der Waals surface area (Å²) >= 11 is 0. The van der Waals surface area contributed by atoms with E-state index in [1.165, 1.54) is 25.3 Å². The molecule has 0 saturated carbocycles. The third kappa shape index (κ3) is 12.2. The molecule has 12 heteroatoms. The Labute approximate surface area is 242 Å². The Bertz CT molecular complexity index is 1050. The average molecular weight is 584 g/mol. The summed E-state index contributed by atoms with van der Waals surface area (Å²) in [5, 5.41) is 0. The number of methoxy groups -OCH3 is 1. The minimum atomic E-state index is -1.65. The van der Waals surface area contributed by atoms with Crippen molar-refractivity contribution >= 4 is 24.4 Å². The van der Waals surface area contributed by atoms with Crippen LogP contribution in [0.5, 0.6) is 11.5 Å². The van der Waals surface area contributed by atoms with Gasteiger partial charge in [0.05, 0.1) is 13.7 Å².